The maximum absolute atomic E-state index is 12.0. The highest BCUT2D eigenvalue weighted by molar-refractivity contribution is 7.47. The summed E-state index contributed by atoms with van der Waals surface area (Å²) in [6.07, 6.45) is 42.7. The molecule has 0 fully saturated rings. The smallest absolute Gasteiger partial charge is 0.463 e. The van der Waals surface area contributed by atoms with E-state index in [1.54, 1.807) is 0 Å². The van der Waals surface area contributed by atoms with Crippen LogP contribution in [-0.4, -0.2) is 54.3 Å². The highest BCUT2D eigenvalue weighted by Crippen LogP contribution is 2.42. The molecule has 0 rings (SSSR count). The molecule has 0 aliphatic carbocycles. The van der Waals surface area contributed by atoms with Crippen molar-refractivity contribution in [1.29, 1.82) is 0 Å². The number of phosphoric acid groups is 1. The number of aliphatic hydroxyl groups excluding tert-OH is 1. The number of carbonyl (C=O) groups excluding carboxylic acids is 2. The lowest BCUT2D eigenvalue weighted by Gasteiger charge is -2.15. The van der Waals surface area contributed by atoms with E-state index in [9.17, 15) is 24.2 Å². The van der Waals surface area contributed by atoms with Gasteiger partial charge in [0, 0.05) is 19.4 Å². The molecule has 0 aliphatic rings. The van der Waals surface area contributed by atoms with Crippen LogP contribution < -0.4 is 5.32 Å². The molecule has 0 aliphatic heterocycles. The molecule has 0 aromatic carbocycles. The molecule has 10 heteroatoms. The Hall–Kier alpha value is -2.55. The van der Waals surface area contributed by atoms with E-state index in [1.165, 1.54) is 32.1 Å². The molecule has 0 saturated carbocycles. The van der Waals surface area contributed by atoms with E-state index >= 15 is 0 Å². The first-order valence-corrected chi connectivity index (χ1v) is 20.4. The van der Waals surface area contributed by atoms with Crippen LogP contribution in [0.4, 0.5) is 0 Å². The van der Waals surface area contributed by atoms with Gasteiger partial charge in [-0.3, -0.25) is 18.6 Å². The van der Waals surface area contributed by atoms with E-state index in [1.807, 2.05) is 6.08 Å². The van der Waals surface area contributed by atoms with Crippen molar-refractivity contribution in [2.45, 2.75) is 142 Å². The summed E-state index contributed by atoms with van der Waals surface area (Å²) in [5, 5.41) is 12.6. The minimum absolute atomic E-state index is 0.0666. The number of hydrogen-bond acceptors (Lipinski definition) is 7. The van der Waals surface area contributed by atoms with Gasteiger partial charge in [-0.25, -0.2) is 4.57 Å². The van der Waals surface area contributed by atoms with Crippen molar-refractivity contribution >= 4 is 19.7 Å². The number of ether oxygens (including phenoxy) is 1. The zero-order chi connectivity index (χ0) is 36.8. The summed E-state index contributed by atoms with van der Waals surface area (Å²) in [5.41, 5.74) is 0. The summed E-state index contributed by atoms with van der Waals surface area (Å²) in [7, 11) is -4.43. The lowest BCUT2D eigenvalue weighted by atomic mass is 10.1. The van der Waals surface area contributed by atoms with E-state index in [0.717, 1.165) is 70.6 Å². The van der Waals surface area contributed by atoms with Crippen LogP contribution in [0.25, 0.3) is 0 Å². The first-order valence-electron chi connectivity index (χ1n) is 18.9. The van der Waals surface area contributed by atoms with Crippen molar-refractivity contribution in [3.05, 3.63) is 72.9 Å². The number of rotatable bonds is 34. The molecule has 2 unspecified atom stereocenters. The van der Waals surface area contributed by atoms with Crippen LogP contribution in [0.15, 0.2) is 72.9 Å². The van der Waals surface area contributed by atoms with E-state index in [2.05, 4.69) is 86.0 Å². The van der Waals surface area contributed by atoms with Crippen LogP contribution in [0.3, 0.4) is 0 Å². The van der Waals surface area contributed by atoms with Gasteiger partial charge in [0.25, 0.3) is 0 Å². The van der Waals surface area contributed by atoms with Crippen LogP contribution >= 0.6 is 7.82 Å². The number of hydrogen-bond donors (Lipinski definition) is 3. The fraction of sp³-hybridized carbons (Fsp3) is 0.650. The normalized spacial score (nSPS) is 14.2. The van der Waals surface area contributed by atoms with Gasteiger partial charge < -0.3 is 20.1 Å². The fourth-order valence-corrected chi connectivity index (χ4v) is 5.28. The second-order valence-electron chi connectivity index (χ2n) is 12.2. The molecule has 0 aromatic rings. The third kappa shape index (κ3) is 36.7. The first kappa shape index (κ1) is 47.4. The molecular weight excluding hydrogens is 653 g/mol. The number of aliphatic hydroxyl groups is 1. The van der Waals surface area contributed by atoms with Gasteiger partial charge in [-0.15, -0.1) is 0 Å². The third-order valence-corrected chi connectivity index (χ3v) is 8.35. The predicted octanol–water partition coefficient (Wildman–Crippen LogP) is 9.93. The second-order valence-corrected chi connectivity index (χ2v) is 13.6. The molecule has 9 nitrogen and oxygen atoms in total. The van der Waals surface area contributed by atoms with Crippen molar-refractivity contribution in [2.75, 3.05) is 26.4 Å². The Morgan fingerprint density at radius 1 is 0.640 bits per heavy atom. The topological polar surface area (TPSA) is 131 Å². The first-order chi connectivity index (χ1) is 24.3. The van der Waals surface area contributed by atoms with Gasteiger partial charge in [0.2, 0.25) is 5.91 Å². The maximum Gasteiger partial charge on any atom is 0.472 e. The lowest BCUT2D eigenvalue weighted by Crippen LogP contribution is -2.27. The second kappa shape index (κ2) is 36.2. The van der Waals surface area contributed by atoms with Crippen LogP contribution in [0.1, 0.15) is 136 Å². The molecule has 50 heavy (non-hydrogen) atoms. The number of unbranched alkanes of at least 4 members (excludes halogenated alkanes) is 9. The molecular formula is C40H68NO8P. The van der Waals surface area contributed by atoms with Crippen LogP contribution in [0.5, 0.6) is 0 Å². The van der Waals surface area contributed by atoms with E-state index in [-0.39, 0.29) is 32.1 Å². The molecule has 0 heterocycles. The average Bonchev–Trinajstić information content (AvgIpc) is 3.10. The molecule has 0 saturated heterocycles. The summed E-state index contributed by atoms with van der Waals surface area (Å²) in [4.78, 5) is 33.7. The fourth-order valence-electron chi connectivity index (χ4n) is 4.53. The Labute approximate surface area is 303 Å². The molecule has 286 valence electrons. The number of carbonyl (C=O) groups is 2. The third-order valence-electron chi connectivity index (χ3n) is 7.37. The summed E-state index contributed by atoms with van der Waals surface area (Å²) >= 11 is 0. The molecule has 0 bridgehead atoms. The van der Waals surface area contributed by atoms with Gasteiger partial charge in [-0.1, -0.05) is 119 Å². The van der Waals surface area contributed by atoms with Gasteiger partial charge in [0.15, 0.2) is 0 Å². The number of phosphoric ester groups is 1. The number of esters is 1. The molecule has 2 atom stereocenters. The number of amides is 1. The Kier molecular flexibility index (Phi) is 34.4. The minimum Gasteiger partial charge on any atom is -0.463 e. The Balaban J connectivity index is 3.75. The monoisotopic (exact) mass is 721 g/mol. The molecule has 1 amide bonds. The molecule has 0 spiro atoms. The average molecular weight is 722 g/mol. The van der Waals surface area contributed by atoms with Gasteiger partial charge in [-0.05, 0) is 77.0 Å². The van der Waals surface area contributed by atoms with Gasteiger partial charge in [-0.2, -0.15) is 0 Å². The summed E-state index contributed by atoms with van der Waals surface area (Å²) in [5.74, 6) is -0.594. The summed E-state index contributed by atoms with van der Waals surface area (Å²) in [6.45, 7) is 3.30. The standard InChI is InChI=1S/C40H68NO8P/c1-3-5-7-9-11-13-15-17-18-19-20-21-23-25-27-29-31-33-40(44)47-36-38(42)37-49-50(45,46)48-35-34-41-39(43)32-30-28-26-24-22-16-14-12-10-8-6-4-2/h5,7,11-14,17-18,20-21,25,27,38,42H,3-4,6,8-10,15-16,19,22-24,26,28-37H2,1-2H3,(H,41,43)(H,45,46)/b7-5-,13-11-,14-12-,18-17-,21-20-,27-25-. The Morgan fingerprint density at radius 2 is 1.16 bits per heavy atom. The molecule has 3 N–H and O–H groups in total. The van der Waals surface area contributed by atoms with E-state index in [4.69, 9.17) is 13.8 Å². The molecule has 0 radical (unpaired) electrons. The van der Waals surface area contributed by atoms with Crippen molar-refractivity contribution in [3.63, 3.8) is 0 Å². The SMILES string of the molecule is CC/C=C\C/C=C\C/C=C\C/C=C\C/C=C\CCCC(=O)OCC(O)COP(=O)(O)OCCNC(=O)CCCCCCC/C=C\CCCCC. The van der Waals surface area contributed by atoms with Crippen molar-refractivity contribution in [2.24, 2.45) is 0 Å². The van der Waals surface area contributed by atoms with Crippen molar-refractivity contribution in [1.82, 2.24) is 5.32 Å². The van der Waals surface area contributed by atoms with Crippen LogP contribution in [0, 0.1) is 0 Å². The quantitative estimate of drug-likeness (QED) is 0.0259. The predicted molar refractivity (Wildman–Crippen MR) is 206 cm³/mol. The van der Waals surface area contributed by atoms with Gasteiger partial charge >= 0.3 is 13.8 Å². The van der Waals surface area contributed by atoms with Crippen molar-refractivity contribution < 1.29 is 37.9 Å². The minimum atomic E-state index is -4.43. The van der Waals surface area contributed by atoms with Crippen LogP contribution in [0.2, 0.25) is 0 Å². The van der Waals surface area contributed by atoms with E-state index in [0.29, 0.717) is 12.8 Å². The molecule has 0 aromatic heterocycles. The summed E-state index contributed by atoms with van der Waals surface area (Å²) in [6, 6.07) is 0. The Morgan fingerprint density at radius 3 is 1.78 bits per heavy atom. The lowest BCUT2D eigenvalue weighted by molar-refractivity contribution is -0.147. The maximum atomic E-state index is 12.0. The zero-order valence-corrected chi connectivity index (χ0v) is 32.0. The van der Waals surface area contributed by atoms with E-state index < -0.39 is 26.5 Å². The van der Waals surface area contributed by atoms with Gasteiger partial charge in [0.1, 0.15) is 12.7 Å². The van der Waals surface area contributed by atoms with Crippen LogP contribution in [-0.2, 0) is 27.9 Å². The van der Waals surface area contributed by atoms with Gasteiger partial charge in [0.05, 0.1) is 13.2 Å². The summed E-state index contributed by atoms with van der Waals surface area (Å²) < 4.78 is 26.7. The van der Waals surface area contributed by atoms with Crippen molar-refractivity contribution in [3.8, 4) is 0 Å². The number of allylic oxidation sites excluding steroid dienone is 12. The zero-order valence-electron chi connectivity index (χ0n) is 31.1. The highest BCUT2D eigenvalue weighted by Gasteiger charge is 2.23. The highest BCUT2D eigenvalue weighted by atomic mass is 31.2. The Bertz CT molecular complexity index is 1050. The number of nitrogens with one attached hydrogen (secondary N) is 1. The largest absolute Gasteiger partial charge is 0.472 e.